The molecule has 0 saturated carbocycles. The van der Waals surface area contributed by atoms with E-state index in [-0.39, 0.29) is 0 Å². The summed E-state index contributed by atoms with van der Waals surface area (Å²) in [5.41, 5.74) is 2.61. The van der Waals surface area contributed by atoms with Gasteiger partial charge in [0.15, 0.2) is 0 Å². The molecule has 0 spiro atoms. The van der Waals surface area contributed by atoms with Gasteiger partial charge in [-0.2, -0.15) is 0 Å². The predicted molar refractivity (Wildman–Crippen MR) is 69.0 cm³/mol. The fourth-order valence-electron chi connectivity index (χ4n) is 1.11. The third-order valence-corrected chi connectivity index (χ3v) is 2.07. The van der Waals surface area contributed by atoms with Gasteiger partial charge in [0.05, 0.1) is 0 Å². The summed E-state index contributed by atoms with van der Waals surface area (Å²) in [6, 6.07) is 0. The molecule has 0 unspecified atom stereocenters. The first-order chi connectivity index (χ1) is 7.74. The maximum absolute atomic E-state index is 9.45. The molecule has 0 saturated heterocycles. The molecule has 0 atom stereocenters. The van der Waals surface area contributed by atoms with Gasteiger partial charge < -0.3 is 10.6 Å². The Morgan fingerprint density at radius 2 is 2.25 bits per heavy atom. The molecular formula is C13H22N2O. The van der Waals surface area contributed by atoms with Crippen molar-refractivity contribution in [1.29, 1.82) is 0 Å². The van der Waals surface area contributed by atoms with Crippen molar-refractivity contribution in [1.82, 2.24) is 10.6 Å². The minimum Gasteiger partial charge on any atom is -0.388 e. The van der Waals surface area contributed by atoms with Crippen LogP contribution in [0.25, 0.3) is 0 Å². The summed E-state index contributed by atoms with van der Waals surface area (Å²) >= 11 is 0. The Labute approximate surface area is 98.3 Å². The fourth-order valence-corrected chi connectivity index (χ4v) is 1.11. The number of allylic oxidation sites excluding steroid dienone is 5. The highest BCUT2D eigenvalue weighted by atomic mass is 16.1. The number of carbonyl (C=O) groups excluding carboxylic acids is 1. The van der Waals surface area contributed by atoms with Crippen LogP contribution in [0.5, 0.6) is 0 Å². The van der Waals surface area contributed by atoms with Gasteiger partial charge in [0.25, 0.3) is 0 Å². The Bertz CT molecular complexity index is 278. The van der Waals surface area contributed by atoms with E-state index in [0.717, 1.165) is 19.4 Å². The number of hydrogen-bond donors (Lipinski definition) is 2. The highest BCUT2D eigenvalue weighted by Gasteiger charge is 1.91. The third kappa shape index (κ3) is 7.85. The van der Waals surface area contributed by atoms with Gasteiger partial charge >= 0.3 is 0 Å². The molecule has 1 amide bonds. The highest BCUT2D eigenvalue weighted by molar-refractivity contribution is 5.45. The van der Waals surface area contributed by atoms with Crippen molar-refractivity contribution >= 4 is 6.41 Å². The lowest BCUT2D eigenvalue weighted by Gasteiger charge is -1.97. The summed E-state index contributed by atoms with van der Waals surface area (Å²) in [6.07, 6.45) is 11.3. The number of amides is 1. The van der Waals surface area contributed by atoms with E-state index in [1.165, 1.54) is 11.3 Å². The van der Waals surface area contributed by atoms with Gasteiger partial charge in [0.2, 0.25) is 6.41 Å². The Morgan fingerprint density at radius 3 is 2.75 bits per heavy atom. The standard InChI is InChI=1S/C9H13N.C4H9NO/c1-8-4-3-5-9(10-2)7-6-8;1-2-3-5-4-6/h3-5,7,10H,6H2,1-2H3;4H,2-3H2,1H3,(H,5,6). The number of nitrogens with one attached hydrogen (secondary N) is 2. The van der Waals surface area contributed by atoms with Crippen LogP contribution in [0, 0.1) is 0 Å². The second-order valence-electron chi connectivity index (χ2n) is 3.56. The van der Waals surface area contributed by atoms with Crippen LogP contribution in [0.3, 0.4) is 0 Å². The minimum atomic E-state index is 0.712. The van der Waals surface area contributed by atoms with Crippen LogP contribution in [0.1, 0.15) is 26.7 Å². The average molecular weight is 222 g/mol. The van der Waals surface area contributed by atoms with Crippen LogP contribution in [0.15, 0.2) is 35.6 Å². The molecule has 0 radical (unpaired) electrons. The number of carbonyl (C=O) groups is 1. The second-order valence-corrected chi connectivity index (χ2v) is 3.56. The van der Waals surface area contributed by atoms with E-state index in [4.69, 9.17) is 0 Å². The molecule has 0 heterocycles. The molecule has 0 bridgehead atoms. The Morgan fingerprint density at radius 1 is 1.50 bits per heavy atom. The Hall–Kier alpha value is -1.51. The van der Waals surface area contributed by atoms with Crippen LogP contribution in [0.4, 0.5) is 0 Å². The molecule has 1 aliphatic carbocycles. The van der Waals surface area contributed by atoms with E-state index < -0.39 is 0 Å². The first-order valence-corrected chi connectivity index (χ1v) is 5.63. The van der Waals surface area contributed by atoms with Crippen LogP contribution < -0.4 is 10.6 Å². The zero-order valence-corrected chi connectivity index (χ0v) is 10.4. The summed E-state index contributed by atoms with van der Waals surface area (Å²) in [6.45, 7) is 4.94. The topological polar surface area (TPSA) is 41.1 Å². The molecular weight excluding hydrogens is 200 g/mol. The first-order valence-electron chi connectivity index (χ1n) is 5.63. The monoisotopic (exact) mass is 222 g/mol. The molecule has 3 heteroatoms. The largest absolute Gasteiger partial charge is 0.388 e. The second kappa shape index (κ2) is 10.0. The zero-order chi connectivity index (χ0) is 12.2. The number of hydrogen-bond acceptors (Lipinski definition) is 2. The lowest BCUT2D eigenvalue weighted by molar-refractivity contribution is -0.109. The van der Waals surface area contributed by atoms with Crippen molar-refractivity contribution < 1.29 is 4.79 Å². The predicted octanol–water partition coefficient (Wildman–Crippen LogP) is 2.14. The van der Waals surface area contributed by atoms with Gasteiger partial charge in [-0.3, -0.25) is 4.79 Å². The van der Waals surface area contributed by atoms with E-state index in [0.29, 0.717) is 6.41 Å². The van der Waals surface area contributed by atoms with E-state index in [1.807, 2.05) is 14.0 Å². The molecule has 1 aliphatic rings. The van der Waals surface area contributed by atoms with Gasteiger partial charge in [-0.25, -0.2) is 0 Å². The van der Waals surface area contributed by atoms with E-state index in [1.54, 1.807) is 0 Å². The highest BCUT2D eigenvalue weighted by Crippen LogP contribution is 2.08. The molecule has 1 rings (SSSR count). The average Bonchev–Trinajstić information content (AvgIpc) is 2.52. The summed E-state index contributed by atoms with van der Waals surface area (Å²) < 4.78 is 0. The fraction of sp³-hybridized carbons (Fsp3) is 0.462. The maximum atomic E-state index is 9.45. The third-order valence-electron chi connectivity index (χ3n) is 2.07. The summed E-state index contributed by atoms with van der Waals surface area (Å²) in [5.74, 6) is 0. The molecule has 90 valence electrons. The molecule has 0 aromatic rings. The van der Waals surface area contributed by atoms with Crippen LogP contribution in [-0.4, -0.2) is 20.0 Å². The normalized spacial score (nSPS) is 13.7. The van der Waals surface area contributed by atoms with Gasteiger partial charge in [-0.05, 0) is 25.8 Å². The molecule has 16 heavy (non-hydrogen) atoms. The smallest absolute Gasteiger partial charge is 0.207 e. The van der Waals surface area contributed by atoms with Gasteiger partial charge in [-0.15, -0.1) is 0 Å². The van der Waals surface area contributed by atoms with Crippen LogP contribution in [-0.2, 0) is 4.79 Å². The Balaban J connectivity index is 0.000000325. The van der Waals surface area contributed by atoms with Crippen LogP contribution in [0.2, 0.25) is 0 Å². The number of rotatable bonds is 4. The van der Waals surface area contributed by atoms with Crippen LogP contribution >= 0.6 is 0 Å². The lowest BCUT2D eigenvalue weighted by atomic mass is 10.2. The summed E-state index contributed by atoms with van der Waals surface area (Å²) in [7, 11) is 1.94. The van der Waals surface area contributed by atoms with E-state index >= 15 is 0 Å². The SMILES string of the molecule is CCCNC=O.CNC1=CCC(C)=CC=C1. The van der Waals surface area contributed by atoms with Crippen molar-refractivity contribution in [2.24, 2.45) is 0 Å². The molecule has 0 aromatic carbocycles. The molecule has 0 fully saturated rings. The number of likely N-dealkylation sites (N-methyl/N-ethyl adjacent to an activating group) is 1. The first kappa shape index (κ1) is 14.5. The zero-order valence-electron chi connectivity index (χ0n) is 10.4. The quantitative estimate of drug-likeness (QED) is 0.565. The molecule has 0 aromatic heterocycles. The maximum Gasteiger partial charge on any atom is 0.207 e. The van der Waals surface area contributed by atoms with Gasteiger partial charge in [-0.1, -0.05) is 30.7 Å². The lowest BCUT2D eigenvalue weighted by Crippen LogP contribution is -2.10. The molecule has 2 N–H and O–H groups in total. The van der Waals surface area contributed by atoms with Gasteiger partial charge in [0.1, 0.15) is 0 Å². The molecule has 3 nitrogen and oxygen atoms in total. The van der Waals surface area contributed by atoms with Crippen molar-refractivity contribution in [3.8, 4) is 0 Å². The van der Waals surface area contributed by atoms with Crippen molar-refractivity contribution in [2.75, 3.05) is 13.6 Å². The van der Waals surface area contributed by atoms with Crippen molar-refractivity contribution in [3.63, 3.8) is 0 Å². The summed E-state index contributed by atoms with van der Waals surface area (Å²) in [4.78, 5) is 9.45. The summed E-state index contributed by atoms with van der Waals surface area (Å²) in [5, 5.41) is 5.62. The molecule has 0 aliphatic heterocycles. The van der Waals surface area contributed by atoms with Crippen molar-refractivity contribution in [3.05, 3.63) is 35.6 Å². The van der Waals surface area contributed by atoms with Crippen molar-refractivity contribution in [2.45, 2.75) is 26.7 Å². The minimum absolute atomic E-state index is 0.712. The van der Waals surface area contributed by atoms with E-state index in [9.17, 15) is 4.79 Å². The van der Waals surface area contributed by atoms with E-state index in [2.05, 4.69) is 41.9 Å². The Kier molecular flexibility index (Phi) is 9.08. The van der Waals surface area contributed by atoms with Gasteiger partial charge in [0, 0.05) is 19.3 Å².